The Bertz CT molecular complexity index is 1570. The Morgan fingerprint density at radius 2 is 1.39 bits per heavy atom. The summed E-state index contributed by atoms with van der Waals surface area (Å²) in [4.78, 5) is 38.9. The van der Waals surface area contributed by atoms with Crippen LogP contribution in [0.4, 0.5) is 10.5 Å². The van der Waals surface area contributed by atoms with E-state index in [2.05, 4.69) is 34.9 Å². The van der Waals surface area contributed by atoms with Crippen molar-refractivity contribution in [2.45, 2.75) is 71.6 Å². The molecule has 2 amide bonds. The number of alkyl carbamates (subject to hydrolysis) is 1. The lowest BCUT2D eigenvalue weighted by Crippen LogP contribution is -2.44. The summed E-state index contributed by atoms with van der Waals surface area (Å²) in [6.45, 7) is 13.6. The molecular weight excluding hydrogens is 579 g/mol. The molecule has 1 aliphatic heterocycles. The van der Waals surface area contributed by atoms with Crippen LogP contribution in [-0.2, 0) is 23.6 Å². The van der Waals surface area contributed by atoms with E-state index >= 15 is 0 Å². The van der Waals surface area contributed by atoms with Gasteiger partial charge in [0.05, 0.1) is 23.2 Å². The molecule has 8 nitrogen and oxygen atoms in total. The molecule has 5 rings (SSSR count). The highest BCUT2D eigenvalue weighted by Gasteiger charge is 2.51. The Morgan fingerprint density at radius 1 is 0.848 bits per heavy atom. The first-order chi connectivity index (χ1) is 21.8. The number of carbonyl (C=O) groups is 3. The zero-order chi connectivity index (χ0) is 33.2. The van der Waals surface area contributed by atoms with Crippen molar-refractivity contribution in [2.75, 3.05) is 11.9 Å². The number of hydrogen-bond donors (Lipinski definition) is 2. The lowest BCUT2D eigenvalue weighted by Gasteiger charge is -2.32. The van der Waals surface area contributed by atoms with E-state index in [4.69, 9.17) is 14.0 Å². The minimum Gasteiger partial charge on any atom is -0.449 e. The first-order valence-corrected chi connectivity index (χ1v) is 15.9. The summed E-state index contributed by atoms with van der Waals surface area (Å²) in [6, 6.07) is 22.8. The van der Waals surface area contributed by atoms with E-state index in [-0.39, 0.29) is 30.1 Å². The molecule has 2 atom stereocenters. The van der Waals surface area contributed by atoms with Gasteiger partial charge in [-0.05, 0) is 79.5 Å². The first-order valence-electron chi connectivity index (χ1n) is 15.9. The van der Waals surface area contributed by atoms with Crippen molar-refractivity contribution in [2.24, 2.45) is 11.8 Å². The molecule has 1 heterocycles. The second-order valence-electron chi connectivity index (χ2n) is 13.4. The van der Waals surface area contributed by atoms with E-state index in [1.54, 1.807) is 25.1 Å². The second-order valence-corrected chi connectivity index (χ2v) is 13.4. The Kier molecular flexibility index (Phi) is 9.56. The Labute approximate surface area is 272 Å². The molecule has 3 aromatic rings. The molecule has 0 saturated carbocycles. The third-order valence-corrected chi connectivity index (χ3v) is 9.26. The molecule has 0 bridgehead atoms. The number of fused-ring (bicyclic) bond motifs is 3. The molecule has 0 unspecified atom stereocenters. The zero-order valence-electron chi connectivity index (χ0n) is 27.6. The topological polar surface area (TPSA) is 103 Å². The largest absolute Gasteiger partial charge is 0.494 e. The third kappa shape index (κ3) is 6.96. The molecule has 46 heavy (non-hydrogen) atoms. The molecule has 240 valence electrons. The Balaban J connectivity index is 1.13. The van der Waals surface area contributed by atoms with Crippen molar-refractivity contribution in [3.05, 3.63) is 96.1 Å². The van der Waals surface area contributed by atoms with Crippen LogP contribution in [-0.4, -0.2) is 48.8 Å². The molecule has 9 heteroatoms. The number of nitrogens with one attached hydrogen (secondary N) is 2. The van der Waals surface area contributed by atoms with Crippen LogP contribution in [0.25, 0.3) is 11.1 Å². The van der Waals surface area contributed by atoms with E-state index in [1.807, 2.05) is 77.9 Å². The van der Waals surface area contributed by atoms with Crippen LogP contribution < -0.4 is 16.1 Å². The van der Waals surface area contributed by atoms with E-state index in [9.17, 15) is 14.4 Å². The van der Waals surface area contributed by atoms with Gasteiger partial charge in [0.2, 0.25) is 5.91 Å². The van der Waals surface area contributed by atoms with Gasteiger partial charge in [-0.15, -0.1) is 0 Å². The summed E-state index contributed by atoms with van der Waals surface area (Å²) in [5.41, 5.74) is 5.11. The Morgan fingerprint density at radius 3 is 1.93 bits per heavy atom. The van der Waals surface area contributed by atoms with Crippen LogP contribution >= 0.6 is 0 Å². The van der Waals surface area contributed by atoms with Crippen molar-refractivity contribution in [3.63, 3.8) is 0 Å². The van der Waals surface area contributed by atoms with E-state index in [0.29, 0.717) is 5.69 Å². The predicted octanol–water partition coefficient (Wildman–Crippen LogP) is 6.25. The van der Waals surface area contributed by atoms with E-state index < -0.39 is 36.4 Å². The number of ketones is 1. The SMILES string of the molecule is CC(C)[C@H](NC(=O)OCC1c2ccccc2-c2ccccc21)C(=O)/C=C/[C@@H](C)C(=O)Nc1ccc(B2OC(C)(C)C(C)(C)O2)cc1. The smallest absolute Gasteiger partial charge is 0.449 e. The molecule has 0 radical (unpaired) electrons. The van der Waals surface area contributed by atoms with E-state index in [1.165, 1.54) is 6.08 Å². The molecule has 3 aromatic carbocycles. The lowest BCUT2D eigenvalue weighted by molar-refractivity contribution is -0.118. The summed E-state index contributed by atoms with van der Waals surface area (Å²) in [5.74, 6) is -1.43. The normalized spacial score (nSPS) is 17.8. The van der Waals surface area contributed by atoms with Gasteiger partial charge in [-0.3, -0.25) is 9.59 Å². The first kappa shape index (κ1) is 33.2. The molecular formula is C37H43BN2O6. The number of benzene rings is 3. The zero-order valence-corrected chi connectivity index (χ0v) is 27.6. The van der Waals surface area contributed by atoms with Gasteiger partial charge in [0.25, 0.3) is 0 Å². The number of amides is 2. The number of hydrogen-bond acceptors (Lipinski definition) is 6. The number of carbonyl (C=O) groups excluding carboxylic acids is 3. The van der Waals surface area contributed by atoms with Crippen LogP contribution in [0.5, 0.6) is 0 Å². The maximum atomic E-state index is 13.1. The summed E-state index contributed by atoms with van der Waals surface area (Å²) < 4.78 is 17.9. The van der Waals surface area contributed by atoms with Crippen LogP contribution in [0, 0.1) is 11.8 Å². The van der Waals surface area contributed by atoms with Crippen molar-refractivity contribution in [1.29, 1.82) is 0 Å². The minimum absolute atomic E-state index is 0.0783. The van der Waals surface area contributed by atoms with Gasteiger partial charge in [0.15, 0.2) is 5.78 Å². The van der Waals surface area contributed by atoms with Crippen molar-refractivity contribution >= 4 is 36.1 Å². The summed E-state index contributed by atoms with van der Waals surface area (Å²) in [6.07, 6.45) is 2.25. The lowest BCUT2D eigenvalue weighted by atomic mass is 9.79. The molecule has 1 saturated heterocycles. The standard InChI is InChI=1S/C37H43BN2O6/c1-23(2)33(40-35(43)44-22-31-29-14-10-8-12-27(29)28-13-9-11-15-30(28)31)32(41)21-16-24(3)34(42)39-26-19-17-25(18-20-26)38-45-36(4,5)37(6,7)46-38/h8-21,23-24,31,33H,22H2,1-7H3,(H,39,42)(H,40,43)/b21-16+/t24-,33+/m1/s1. The molecule has 1 aliphatic carbocycles. The number of ether oxygens (including phenoxy) is 1. The highest BCUT2D eigenvalue weighted by Crippen LogP contribution is 2.44. The monoisotopic (exact) mass is 622 g/mol. The fourth-order valence-electron chi connectivity index (χ4n) is 5.72. The highest BCUT2D eigenvalue weighted by atomic mass is 16.7. The van der Waals surface area contributed by atoms with Gasteiger partial charge in [-0.1, -0.05) is 87.5 Å². The maximum absolute atomic E-state index is 13.1. The second kappa shape index (κ2) is 13.3. The minimum atomic E-state index is -0.801. The fraction of sp³-hybridized carbons (Fsp3) is 0.378. The quantitative estimate of drug-likeness (QED) is 0.205. The number of anilines is 1. The average molecular weight is 623 g/mol. The van der Waals surface area contributed by atoms with Crippen molar-refractivity contribution < 1.29 is 28.4 Å². The third-order valence-electron chi connectivity index (χ3n) is 9.26. The van der Waals surface area contributed by atoms with Crippen LogP contribution in [0.1, 0.15) is 65.5 Å². The van der Waals surface area contributed by atoms with Crippen LogP contribution in [0.3, 0.4) is 0 Å². The highest BCUT2D eigenvalue weighted by molar-refractivity contribution is 6.62. The van der Waals surface area contributed by atoms with Crippen LogP contribution in [0.2, 0.25) is 0 Å². The molecule has 1 fully saturated rings. The molecule has 0 aromatic heterocycles. The molecule has 2 aliphatic rings. The van der Waals surface area contributed by atoms with E-state index in [0.717, 1.165) is 27.7 Å². The van der Waals surface area contributed by atoms with Crippen molar-refractivity contribution in [3.8, 4) is 11.1 Å². The molecule has 2 N–H and O–H groups in total. The average Bonchev–Trinajstić information content (AvgIpc) is 3.46. The molecule has 0 spiro atoms. The van der Waals surface area contributed by atoms with Gasteiger partial charge < -0.3 is 24.7 Å². The van der Waals surface area contributed by atoms with Gasteiger partial charge in [0, 0.05) is 11.6 Å². The Hall–Kier alpha value is -4.21. The number of rotatable bonds is 10. The maximum Gasteiger partial charge on any atom is 0.494 e. The summed E-state index contributed by atoms with van der Waals surface area (Å²) in [5, 5.41) is 5.62. The van der Waals surface area contributed by atoms with Gasteiger partial charge in [-0.2, -0.15) is 0 Å². The summed E-state index contributed by atoms with van der Waals surface area (Å²) in [7, 11) is -0.487. The van der Waals surface area contributed by atoms with Gasteiger partial charge >= 0.3 is 13.2 Å². The van der Waals surface area contributed by atoms with Gasteiger partial charge in [-0.25, -0.2) is 4.79 Å². The summed E-state index contributed by atoms with van der Waals surface area (Å²) >= 11 is 0. The predicted molar refractivity (Wildman–Crippen MR) is 181 cm³/mol. The van der Waals surface area contributed by atoms with Crippen molar-refractivity contribution in [1.82, 2.24) is 5.32 Å². The van der Waals surface area contributed by atoms with Gasteiger partial charge in [0.1, 0.15) is 6.61 Å². The van der Waals surface area contributed by atoms with Crippen LogP contribution in [0.15, 0.2) is 84.9 Å². The fourth-order valence-corrected chi connectivity index (χ4v) is 5.72.